The van der Waals surface area contributed by atoms with Crippen LogP contribution in [0.4, 0.5) is 11.4 Å². The zero-order valence-electron chi connectivity index (χ0n) is 13.1. The maximum Gasteiger partial charge on any atom is 0.314 e. The van der Waals surface area contributed by atoms with Crippen molar-refractivity contribution in [3.05, 3.63) is 59.7 Å². The highest BCUT2D eigenvalue weighted by Crippen LogP contribution is 2.12. The van der Waals surface area contributed by atoms with E-state index in [1.165, 1.54) is 6.92 Å². The zero-order chi connectivity index (χ0) is 16.8. The van der Waals surface area contributed by atoms with Crippen LogP contribution >= 0.6 is 0 Å². The van der Waals surface area contributed by atoms with Gasteiger partial charge in [0.2, 0.25) is 0 Å². The molecule has 2 aromatic carbocycles. The number of nitrogens with one attached hydrogen (secondary N) is 2. The number of ketones is 1. The van der Waals surface area contributed by atoms with Gasteiger partial charge in [-0.2, -0.15) is 0 Å². The van der Waals surface area contributed by atoms with Gasteiger partial charge in [0, 0.05) is 16.9 Å². The van der Waals surface area contributed by atoms with Crippen LogP contribution in [0.3, 0.4) is 0 Å². The zero-order valence-corrected chi connectivity index (χ0v) is 13.1. The third-order valence-corrected chi connectivity index (χ3v) is 3.38. The van der Waals surface area contributed by atoms with E-state index in [2.05, 4.69) is 10.6 Å². The fourth-order valence-electron chi connectivity index (χ4n) is 1.99. The fourth-order valence-corrected chi connectivity index (χ4v) is 1.99. The van der Waals surface area contributed by atoms with Crippen LogP contribution in [0, 0.1) is 0 Å². The normalized spacial score (nSPS) is 10.0. The maximum absolute atomic E-state index is 11.9. The summed E-state index contributed by atoms with van der Waals surface area (Å²) in [4.78, 5) is 34.9. The minimum absolute atomic E-state index is 0.0591. The molecule has 2 aromatic rings. The van der Waals surface area contributed by atoms with Gasteiger partial charge in [0.05, 0.1) is 0 Å². The second-order valence-electron chi connectivity index (χ2n) is 5.09. The summed E-state index contributed by atoms with van der Waals surface area (Å²) in [5, 5.41) is 5.03. The van der Waals surface area contributed by atoms with E-state index in [1.54, 1.807) is 36.4 Å². The van der Waals surface area contributed by atoms with Gasteiger partial charge in [0.25, 0.3) is 0 Å². The first kappa shape index (κ1) is 16.4. The molecule has 5 heteroatoms. The lowest BCUT2D eigenvalue weighted by Crippen LogP contribution is -2.29. The predicted octanol–water partition coefficient (Wildman–Crippen LogP) is 3.03. The summed E-state index contributed by atoms with van der Waals surface area (Å²) in [5.74, 6) is -1.57. The van der Waals surface area contributed by atoms with Crippen LogP contribution in [0.25, 0.3) is 0 Å². The van der Waals surface area contributed by atoms with Gasteiger partial charge in [-0.3, -0.25) is 14.4 Å². The standard InChI is InChI=1S/C18H18N2O3/c1-3-13-4-8-15(9-5-13)19-17(22)18(23)20-16-10-6-14(7-11-16)12(2)21/h4-11H,3H2,1-2H3,(H,19,22)(H,20,23). The smallest absolute Gasteiger partial charge is 0.314 e. The van der Waals surface area contributed by atoms with E-state index in [0.29, 0.717) is 16.9 Å². The highest BCUT2D eigenvalue weighted by atomic mass is 16.2. The molecule has 0 aliphatic heterocycles. The molecule has 2 rings (SSSR count). The van der Waals surface area contributed by atoms with Crippen LogP contribution in [0.1, 0.15) is 29.8 Å². The van der Waals surface area contributed by atoms with Crippen LogP contribution in [-0.4, -0.2) is 17.6 Å². The summed E-state index contributed by atoms with van der Waals surface area (Å²) < 4.78 is 0. The Balaban J connectivity index is 1.96. The molecule has 118 valence electrons. The van der Waals surface area contributed by atoms with E-state index >= 15 is 0 Å². The second kappa shape index (κ2) is 7.35. The lowest BCUT2D eigenvalue weighted by molar-refractivity contribution is -0.132. The molecule has 0 saturated heterocycles. The molecule has 5 nitrogen and oxygen atoms in total. The first-order chi connectivity index (χ1) is 11.0. The lowest BCUT2D eigenvalue weighted by Gasteiger charge is -2.07. The Labute approximate surface area is 134 Å². The number of rotatable bonds is 4. The molecular weight excluding hydrogens is 292 g/mol. The van der Waals surface area contributed by atoms with Gasteiger partial charge in [0.1, 0.15) is 0 Å². The number of amides is 2. The molecular formula is C18H18N2O3. The van der Waals surface area contributed by atoms with E-state index in [1.807, 2.05) is 19.1 Å². The molecule has 0 unspecified atom stereocenters. The molecule has 0 spiro atoms. The number of carbonyl (C=O) groups excluding carboxylic acids is 3. The SMILES string of the molecule is CCc1ccc(NC(=O)C(=O)Nc2ccc(C(C)=O)cc2)cc1. The predicted molar refractivity (Wildman–Crippen MR) is 89.5 cm³/mol. The van der Waals surface area contributed by atoms with Gasteiger partial charge in [-0.1, -0.05) is 19.1 Å². The maximum atomic E-state index is 11.9. The monoisotopic (exact) mass is 310 g/mol. The minimum Gasteiger partial charge on any atom is -0.318 e. The van der Waals surface area contributed by atoms with Gasteiger partial charge in [-0.15, -0.1) is 0 Å². The summed E-state index contributed by atoms with van der Waals surface area (Å²) in [6, 6.07) is 13.7. The average molecular weight is 310 g/mol. The molecule has 0 aromatic heterocycles. The third-order valence-electron chi connectivity index (χ3n) is 3.38. The van der Waals surface area contributed by atoms with Crippen molar-refractivity contribution in [2.45, 2.75) is 20.3 Å². The number of aryl methyl sites for hydroxylation is 1. The Hall–Kier alpha value is -2.95. The highest BCUT2D eigenvalue weighted by Gasteiger charge is 2.14. The van der Waals surface area contributed by atoms with Gasteiger partial charge in [-0.05, 0) is 55.3 Å². The van der Waals surface area contributed by atoms with Crippen molar-refractivity contribution < 1.29 is 14.4 Å². The molecule has 0 heterocycles. The molecule has 0 saturated carbocycles. The quantitative estimate of drug-likeness (QED) is 0.673. The number of hydrogen-bond acceptors (Lipinski definition) is 3. The molecule has 0 aliphatic rings. The van der Waals surface area contributed by atoms with Crippen LogP contribution in [0.15, 0.2) is 48.5 Å². The molecule has 0 fully saturated rings. The third kappa shape index (κ3) is 4.51. The topological polar surface area (TPSA) is 75.3 Å². The van der Waals surface area contributed by atoms with Crippen LogP contribution in [0.2, 0.25) is 0 Å². The first-order valence-electron chi connectivity index (χ1n) is 7.32. The molecule has 23 heavy (non-hydrogen) atoms. The molecule has 0 radical (unpaired) electrons. The van der Waals surface area contributed by atoms with Crippen molar-refractivity contribution in [2.75, 3.05) is 10.6 Å². The van der Waals surface area contributed by atoms with E-state index in [9.17, 15) is 14.4 Å². The van der Waals surface area contributed by atoms with Crippen molar-refractivity contribution in [2.24, 2.45) is 0 Å². The highest BCUT2D eigenvalue weighted by molar-refractivity contribution is 6.43. The van der Waals surface area contributed by atoms with E-state index < -0.39 is 11.8 Å². The number of Topliss-reactive ketones (excluding diaryl/α,β-unsaturated/α-hetero) is 1. The number of hydrogen-bond donors (Lipinski definition) is 2. The summed E-state index contributed by atoms with van der Waals surface area (Å²) >= 11 is 0. The van der Waals surface area contributed by atoms with Crippen LogP contribution in [0.5, 0.6) is 0 Å². The van der Waals surface area contributed by atoms with Crippen molar-refractivity contribution in [3.63, 3.8) is 0 Å². The molecule has 0 atom stereocenters. The van der Waals surface area contributed by atoms with E-state index in [-0.39, 0.29) is 5.78 Å². The molecule has 2 amide bonds. The van der Waals surface area contributed by atoms with Gasteiger partial charge in [-0.25, -0.2) is 0 Å². The van der Waals surface area contributed by atoms with Gasteiger partial charge >= 0.3 is 11.8 Å². The fraction of sp³-hybridized carbons (Fsp3) is 0.167. The number of carbonyl (C=O) groups is 3. The van der Waals surface area contributed by atoms with Crippen molar-refractivity contribution in [3.8, 4) is 0 Å². The van der Waals surface area contributed by atoms with Crippen LogP contribution < -0.4 is 10.6 Å². The van der Waals surface area contributed by atoms with Crippen molar-refractivity contribution >= 4 is 29.0 Å². The molecule has 2 N–H and O–H groups in total. The van der Waals surface area contributed by atoms with Gasteiger partial charge < -0.3 is 10.6 Å². The molecule has 0 bridgehead atoms. The summed E-state index contributed by atoms with van der Waals surface area (Å²) in [7, 11) is 0. The summed E-state index contributed by atoms with van der Waals surface area (Å²) in [6.07, 6.45) is 0.908. The minimum atomic E-state index is -0.764. The Morgan fingerprint density at radius 1 is 0.783 bits per heavy atom. The Morgan fingerprint density at radius 2 is 1.22 bits per heavy atom. The summed E-state index contributed by atoms with van der Waals surface area (Å²) in [6.45, 7) is 3.50. The summed E-state index contributed by atoms with van der Waals surface area (Å²) in [5.41, 5.74) is 2.72. The largest absolute Gasteiger partial charge is 0.318 e. The Morgan fingerprint density at radius 3 is 1.61 bits per heavy atom. The second-order valence-corrected chi connectivity index (χ2v) is 5.09. The first-order valence-corrected chi connectivity index (χ1v) is 7.32. The Bertz CT molecular complexity index is 719. The Kier molecular flexibility index (Phi) is 5.25. The van der Waals surface area contributed by atoms with Crippen molar-refractivity contribution in [1.29, 1.82) is 0 Å². The van der Waals surface area contributed by atoms with Crippen molar-refractivity contribution in [1.82, 2.24) is 0 Å². The van der Waals surface area contributed by atoms with Crippen LogP contribution in [-0.2, 0) is 16.0 Å². The number of anilines is 2. The van der Waals surface area contributed by atoms with E-state index in [4.69, 9.17) is 0 Å². The van der Waals surface area contributed by atoms with Gasteiger partial charge in [0.15, 0.2) is 5.78 Å². The molecule has 0 aliphatic carbocycles. The van der Waals surface area contributed by atoms with E-state index in [0.717, 1.165) is 12.0 Å². The number of benzene rings is 2. The average Bonchev–Trinajstić information content (AvgIpc) is 2.56. The lowest BCUT2D eigenvalue weighted by atomic mass is 10.1.